The van der Waals surface area contributed by atoms with Crippen molar-refractivity contribution in [3.8, 4) is 0 Å². The number of benzene rings is 2. The zero-order valence-electron chi connectivity index (χ0n) is 12.6. The van der Waals surface area contributed by atoms with Crippen molar-refractivity contribution in [1.82, 2.24) is 0 Å². The molecule has 1 heterocycles. The summed E-state index contributed by atoms with van der Waals surface area (Å²) in [6.07, 6.45) is 0. The average Bonchev–Trinajstić information content (AvgIpc) is 2.73. The van der Waals surface area contributed by atoms with Crippen molar-refractivity contribution in [2.45, 2.75) is 4.93 Å². The number of ether oxygens (including phenoxy) is 1. The molecule has 0 amide bonds. The number of rotatable bonds is 3. The Balaban J connectivity index is 0.00000132. The topological polar surface area (TPSA) is 80.7 Å². The second-order valence-electron chi connectivity index (χ2n) is 4.43. The fraction of sp³-hybridized carbons (Fsp3) is 0.0714. The summed E-state index contributed by atoms with van der Waals surface area (Å²) >= 11 is 0. The van der Waals surface area contributed by atoms with E-state index < -0.39 is 20.1 Å². The first-order valence-electron chi connectivity index (χ1n) is 5.99. The molecule has 1 atom stereocenters. The molecule has 1 aliphatic rings. The third kappa shape index (κ3) is 3.10. The van der Waals surface area contributed by atoms with Gasteiger partial charge >= 0.3 is 44.7 Å². The van der Waals surface area contributed by atoms with Crippen LogP contribution >= 0.6 is 10.8 Å². The summed E-state index contributed by atoms with van der Waals surface area (Å²) < 4.78 is 37.4. The summed E-state index contributed by atoms with van der Waals surface area (Å²) in [6, 6.07) is 15.0. The third-order valence-corrected chi connectivity index (χ3v) is 5.43. The zero-order chi connectivity index (χ0) is 15.1. The van der Waals surface area contributed by atoms with E-state index in [4.69, 9.17) is 4.74 Å². The molecule has 5 nitrogen and oxygen atoms in total. The molecule has 3 rings (SSSR count). The minimum Gasteiger partial charge on any atom is -1.00 e. The van der Waals surface area contributed by atoms with Crippen LogP contribution in [0.2, 0.25) is 0 Å². The molecule has 0 radical (unpaired) electrons. The number of esters is 1. The molecule has 2 aromatic carbocycles. The van der Waals surface area contributed by atoms with Gasteiger partial charge in [-0.1, -0.05) is 48.5 Å². The monoisotopic (exact) mass is 346 g/mol. The molecular weight excluding hydrogens is 335 g/mol. The third-order valence-electron chi connectivity index (χ3n) is 3.11. The number of cyclic esters (lactones) is 1. The minimum absolute atomic E-state index is 0. The minimum atomic E-state index is -4.44. The second kappa shape index (κ2) is 6.35. The van der Waals surface area contributed by atoms with Crippen molar-refractivity contribution in [2.75, 3.05) is 0 Å². The average molecular weight is 346 g/mol. The van der Waals surface area contributed by atoms with Crippen molar-refractivity contribution in [1.29, 1.82) is 0 Å². The van der Waals surface area contributed by atoms with E-state index in [1.807, 2.05) is 0 Å². The van der Waals surface area contributed by atoms with Gasteiger partial charge in [-0.2, -0.15) is 8.42 Å². The van der Waals surface area contributed by atoms with Gasteiger partial charge in [-0.05, 0) is 6.07 Å². The first-order valence-corrected chi connectivity index (χ1v) is 8.76. The van der Waals surface area contributed by atoms with Crippen LogP contribution in [0.4, 0.5) is 0 Å². The number of carbonyl (C=O) groups excluding carboxylic acids is 1. The molecule has 0 bridgehead atoms. The van der Waals surface area contributed by atoms with E-state index in [0.29, 0.717) is 11.1 Å². The largest absolute Gasteiger partial charge is 1.00 e. The van der Waals surface area contributed by atoms with Gasteiger partial charge in [-0.15, -0.1) is 0 Å². The molecular formula is C14H11NaO5S2. The Morgan fingerprint density at radius 3 is 2.27 bits per heavy atom. The molecule has 1 aliphatic heterocycles. The molecule has 22 heavy (non-hydrogen) atoms. The van der Waals surface area contributed by atoms with E-state index in [1.54, 1.807) is 54.6 Å². The van der Waals surface area contributed by atoms with Crippen LogP contribution in [-0.2, 0) is 18.8 Å². The van der Waals surface area contributed by atoms with Gasteiger partial charge in [0.05, 0.1) is 16.4 Å². The Labute approximate surface area is 155 Å². The molecule has 1 unspecified atom stereocenters. The number of carbonyl (C=O) groups is 1. The van der Waals surface area contributed by atoms with E-state index in [0.717, 1.165) is 0 Å². The summed E-state index contributed by atoms with van der Waals surface area (Å²) in [5, 5.41) is 0. The Kier molecular flexibility index (Phi) is 5.06. The van der Waals surface area contributed by atoms with E-state index >= 15 is 0 Å². The van der Waals surface area contributed by atoms with Crippen LogP contribution in [0, 0.1) is 0 Å². The first kappa shape index (κ1) is 17.5. The van der Waals surface area contributed by atoms with E-state index in [2.05, 4.69) is 0 Å². The summed E-state index contributed by atoms with van der Waals surface area (Å²) in [5.41, 5.74) is 1.16. The molecule has 8 heteroatoms. The van der Waals surface area contributed by atoms with Crippen LogP contribution in [-0.4, -0.2) is 18.9 Å². The Hall–Kier alpha value is -0.830. The first-order chi connectivity index (χ1) is 9.92. The Morgan fingerprint density at radius 1 is 1.05 bits per heavy atom. The fourth-order valence-electron chi connectivity index (χ4n) is 2.32. The van der Waals surface area contributed by atoms with Crippen LogP contribution in [0.3, 0.4) is 0 Å². The Morgan fingerprint density at radius 2 is 1.64 bits per heavy atom. The number of hydrogen-bond acceptors (Lipinski definition) is 5. The molecule has 0 fully saturated rings. The molecule has 0 aromatic heterocycles. The second-order valence-corrected chi connectivity index (χ2v) is 7.79. The number of fused-ring (bicyclic) bond motifs is 1. The standard InChI is InChI=1S/C14H10O5S2.Na.H/c15-13-11-8-4-5-9-12(11)14(19-13,20-21(16,17)18)10-6-2-1-3-7-10;;/h1-9H,(H,16,17,18);;/q;+1;-1. The maximum atomic E-state index is 12.0. The van der Waals surface area contributed by atoms with E-state index in [1.165, 1.54) is 0 Å². The molecule has 0 saturated heterocycles. The van der Waals surface area contributed by atoms with Gasteiger partial charge in [0.1, 0.15) is 0 Å². The summed E-state index contributed by atoms with van der Waals surface area (Å²) in [4.78, 5) is 10.4. The van der Waals surface area contributed by atoms with Crippen LogP contribution in [0.1, 0.15) is 22.9 Å². The summed E-state index contributed by atoms with van der Waals surface area (Å²) in [7, 11) is -4.24. The fourth-order valence-corrected chi connectivity index (χ4v) is 4.78. The quantitative estimate of drug-likeness (QED) is 0.356. The van der Waals surface area contributed by atoms with E-state index in [9.17, 15) is 17.8 Å². The van der Waals surface area contributed by atoms with Gasteiger partial charge in [-0.25, -0.2) is 4.79 Å². The van der Waals surface area contributed by atoms with E-state index in [-0.39, 0.29) is 47.3 Å². The maximum Gasteiger partial charge on any atom is 1.00 e. The van der Waals surface area contributed by atoms with Gasteiger partial charge in [0.15, 0.2) is 0 Å². The van der Waals surface area contributed by atoms with Crippen molar-refractivity contribution in [3.63, 3.8) is 0 Å². The van der Waals surface area contributed by atoms with Crippen LogP contribution in [0.5, 0.6) is 0 Å². The van der Waals surface area contributed by atoms with Gasteiger partial charge in [0.25, 0.3) is 0 Å². The molecule has 0 saturated carbocycles. The molecule has 0 aliphatic carbocycles. The predicted octanol–water partition coefficient (Wildman–Crippen LogP) is -0.289. The molecule has 2 aromatic rings. The molecule has 1 N–H and O–H groups in total. The smallest absolute Gasteiger partial charge is 1.00 e. The van der Waals surface area contributed by atoms with Crippen LogP contribution in [0.15, 0.2) is 54.6 Å². The SMILES string of the molecule is O=C1OC(SS(=O)(=O)O)(c2ccccc2)c2ccccc21.[H-].[Na+]. The Bertz CT molecular complexity index is 813. The van der Waals surface area contributed by atoms with Gasteiger partial charge in [-0.3, -0.25) is 4.55 Å². The summed E-state index contributed by atoms with van der Waals surface area (Å²) in [5.74, 6) is -0.620. The van der Waals surface area contributed by atoms with Crippen LogP contribution in [0.25, 0.3) is 0 Å². The zero-order valence-corrected chi connectivity index (χ0v) is 15.2. The maximum absolute atomic E-state index is 12.0. The number of hydrogen-bond donors (Lipinski definition) is 1. The van der Waals surface area contributed by atoms with Gasteiger partial charge in [0, 0.05) is 11.1 Å². The van der Waals surface area contributed by atoms with Crippen molar-refractivity contribution < 1.29 is 53.5 Å². The van der Waals surface area contributed by atoms with Crippen LogP contribution < -0.4 is 29.6 Å². The predicted molar refractivity (Wildman–Crippen MR) is 79.3 cm³/mol. The molecule has 110 valence electrons. The van der Waals surface area contributed by atoms with Crippen molar-refractivity contribution in [2.24, 2.45) is 0 Å². The normalized spacial score (nSPS) is 20.0. The molecule has 0 spiro atoms. The van der Waals surface area contributed by atoms with Crippen molar-refractivity contribution >= 4 is 25.9 Å². The van der Waals surface area contributed by atoms with Gasteiger partial charge in [0.2, 0.25) is 4.93 Å². The van der Waals surface area contributed by atoms with Crippen molar-refractivity contribution in [3.05, 3.63) is 71.3 Å². The van der Waals surface area contributed by atoms with Gasteiger partial charge < -0.3 is 6.16 Å². The summed E-state index contributed by atoms with van der Waals surface area (Å²) in [6.45, 7) is 0.